The molecule has 0 bridgehead atoms. The molecule has 0 unspecified atom stereocenters. The van der Waals surface area contributed by atoms with Gasteiger partial charge in [-0.2, -0.15) is 5.10 Å². The van der Waals surface area contributed by atoms with E-state index in [2.05, 4.69) is 164 Å². The molecule has 8 aromatic carbocycles. The van der Waals surface area contributed by atoms with Crippen molar-refractivity contribution in [1.29, 1.82) is 0 Å². The minimum atomic E-state index is 1.03. The fraction of sp³-hybridized carbons (Fsp3) is 0.0465. The molecule has 2 nitrogen and oxygen atoms in total. The number of fused-ring (bicyclic) bond motifs is 6. The summed E-state index contributed by atoms with van der Waals surface area (Å²) in [6.45, 7) is 4.38. The van der Waals surface area contributed by atoms with Crippen LogP contribution < -0.4 is 0 Å². The van der Waals surface area contributed by atoms with Crippen LogP contribution in [0.3, 0.4) is 0 Å². The Labute approximate surface area is 261 Å². The van der Waals surface area contributed by atoms with E-state index in [-0.39, 0.29) is 0 Å². The molecule has 212 valence electrons. The Bertz CT molecular complexity index is 2560. The summed E-state index contributed by atoms with van der Waals surface area (Å²) in [6.07, 6.45) is 0. The molecule has 0 atom stereocenters. The maximum absolute atomic E-state index is 5.27. The molecule has 9 rings (SSSR count). The standard InChI is InChI=1S/C43H30N2/c1-27-41(28(2)45(44-27)40-26-30-15-4-6-18-32(30)33-19-7-8-20-34(33)40)43-38-23-11-9-21-36(38)42(37-22-10-12-24-39(37)43)35-25-13-16-29-14-3-5-17-31(29)35/h3-26H,1-2H3. The summed E-state index contributed by atoms with van der Waals surface area (Å²) < 4.78 is 2.17. The molecule has 2 heteroatoms. The smallest absolute Gasteiger partial charge is 0.0733 e. The third-order valence-electron chi connectivity index (χ3n) is 9.51. The first-order valence-corrected chi connectivity index (χ1v) is 15.6. The van der Waals surface area contributed by atoms with Gasteiger partial charge < -0.3 is 0 Å². The van der Waals surface area contributed by atoms with Crippen molar-refractivity contribution in [3.8, 4) is 27.9 Å². The van der Waals surface area contributed by atoms with Gasteiger partial charge in [-0.1, -0.05) is 140 Å². The highest BCUT2D eigenvalue weighted by Crippen LogP contribution is 2.47. The minimum Gasteiger partial charge on any atom is -0.237 e. The van der Waals surface area contributed by atoms with Crippen LogP contribution in [0.25, 0.3) is 81.8 Å². The molecule has 9 aromatic rings. The third kappa shape index (κ3) is 3.79. The molecule has 0 aliphatic heterocycles. The third-order valence-corrected chi connectivity index (χ3v) is 9.51. The number of aromatic nitrogens is 2. The topological polar surface area (TPSA) is 17.8 Å². The summed E-state index contributed by atoms with van der Waals surface area (Å²) in [5, 5.41) is 17.7. The lowest BCUT2D eigenvalue weighted by Crippen LogP contribution is -2.01. The zero-order valence-corrected chi connectivity index (χ0v) is 25.3. The molecule has 0 saturated carbocycles. The fourth-order valence-corrected chi connectivity index (χ4v) is 7.58. The molecule has 0 saturated heterocycles. The van der Waals surface area contributed by atoms with Crippen molar-refractivity contribution in [3.63, 3.8) is 0 Å². The van der Waals surface area contributed by atoms with E-state index in [0.29, 0.717) is 0 Å². The average Bonchev–Trinajstić information content (AvgIpc) is 3.39. The molecule has 0 N–H and O–H groups in total. The highest BCUT2D eigenvalue weighted by molar-refractivity contribution is 6.24. The van der Waals surface area contributed by atoms with E-state index in [9.17, 15) is 0 Å². The van der Waals surface area contributed by atoms with Crippen LogP contribution in [0.1, 0.15) is 11.4 Å². The Morgan fingerprint density at radius 2 is 0.889 bits per heavy atom. The summed E-state index contributed by atoms with van der Waals surface area (Å²) in [5.41, 5.74) is 8.26. The van der Waals surface area contributed by atoms with Crippen molar-refractivity contribution in [2.45, 2.75) is 13.8 Å². The molecule has 0 amide bonds. The van der Waals surface area contributed by atoms with Crippen molar-refractivity contribution in [2.75, 3.05) is 0 Å². The van der Waals surface area contributed by atoms with E-state index >= 15 is 0 Å². The van der Waals surface area contributed by atoms with Crippen LogP contribution in [0.15, 0.2) is 146 Å². The second kappa shape index (κ2) is 9.90. The predicted molar refractivity (Wildman–Crippen MR) is 191 cm³/mol. The van der Waals surface area contributed by atoms with Gasteiger partial charge >= 0.3 is 0 Å². The fourth-order valence-electron chi connectivity index (χ4n) is 7.58. The zero-order chi connectivity index (χ0) is 30.1. The van der Waals surface area contributed by atoms with E-state index in [0.717, 1.165) is 17.1 Å². The molecule has 1 aromatic heterocycles. The van der Waals surface area contributed by atoms with E-state index in [1.165, 1.54) is 76.1 Å². The van der Waals surface area contributed by atoms with Gasteiger partial charge in [-0.25, -0.2) is 4.68 Å². The molecule has 0 fully saturated rings. The highest BCUT2D eigenvalue weighted by Gasteiger charge is 2.23. The lowest BCUT2D eigenvalue weighted by Gasteiger charge is -2.19. The highest BCUT2D eigenvalue weighted by atomic mass is 15.3. The van der Waals surface area contributed by atoms with Crippen LogP contribution in [0.5, 0.6) is 0 Å². The van der Waals surface area contributed by atoms with Crippen LogP contribution in [-0.4, -0.2) is 9.78 Å². The number of hydrogen-bond acceptors (Lipinski definition) is 1. The summed E-state index contributed by atoms with van der Waals surface area (Å²) in [5.74, 6) is 0. The zero-order valence-electron chi connectivity index (χ0n) is 25.3. The lowest BCUT2D eigenvalue weighted by atomic mass is 9.84. The monoisotopic (exact) mass is 574 g/mol. The van der Waals surface area contributed by atoms with E-state index in [4.69, 9.17) is 5.10 Å². The Morgan fingerprint density at radius 3 is 1.56 bits per heavy atom. The Kier molecular flexibility index (Phi) is 5.66. The largest absolute Gasteiger partial charge is 0.237 e. The van der Waals surface area contributed by atoms with Crippen LogP contribution in [0, 0.1) is 13.8 Å². The molecular formula is C43H30N2. The van der Waals surface area contributed by atoms with Gasteiger partial charge in [0.15, 0.2) is 0 Å². The first-order chi connectivity index (χ1) is 22.2. The second-order valence-electron chi connectivity index (χ2n) is 12.0. The maximum atomic E-state index is 5.27. The maximum Gasteiger partial charge on any atom is 0.0733 e. The summed E-state index contributed by atoms with van der Waals surface area (Å²) in [6, 6.07) is 52.8. The Balaban J connectivity index is 1.38. The number of nitrogens with zero attached hydrogens (tertiary/aromatic N) is 2. The first-order valence-electron chi connectivity index (χ1n) is 15.6. The van der Waals surface area contributed by atoms with Gasteiger partial charge in [-0.05, 0) is 79.5 Å². The molecule has 1 heterocycles. The van der Waals surface area contributed by atoms with Crippen molar-refractivity contribution < 1.29 is 0 Å². The normalized spacial score (nSPS) is 11.8. The van der Waals surface area contributed by atoms with Gasteiger partial charge in [0.2, 0.25) is 0 Å². The number of hydrogen-bond donors (Lipinski definition) is 0. The number of rotatable bonds is 3. The number of benzene rings is 8. The summed E-state index contributed by atoms with van der Waals surface area (Å²) in [4.78, 5) is 0. The van der Waals surface area contributed by atoms with E-state index in [1.54, 1.807) is 0 Å². The lowest BCUT2D eigenvalue weighted by molar-refractivity contribution is 0.841. The number of aryl methyl sites for hydroxylation is 1. The first kappa shape index (κ1) is 25.7. The van der Waals surface area contributed by atoms with Gasteiger partial charge in [-0.15, -0.1) is 0 Å². The summed E-state index contributed by atoms with van der Waals surface area (Å²) >= 11 is 0. The molecular weight excluding hydrogens is 544 g/mol. The minimum absolute atomic E-state index is 1.03. The molecule has 45 heavy (non-hydrogen) atoms. The van der Waals surface area contributed by atoms with Crippen molar-refractivity contribution in [3.05, 3.63) is 157 Å². The molecule has 0 spiro atoms. The van der Waals surface area contributed by atoms with Gasteiger partial charge in [-0.3, -0.25) is 0 Å². The Morgan fingerprint density at radius 1 is 0.400 bits per heavy atom. The van der Waals surface area contributed by atoms with Gasteiger partial charge in [0.05, 0.1) is 11.4 Å². The summed E-state index contributed by atoms with van der Waals surface area (Å²) in [7, 11) is 0. The predicted octanol–water partition coefficient (Wildman–Crippen LogP) is 11.6. The van der Waals surface area contributed by atoms with Crippen LogP contribution in [0.2, 0.25) is 0 Å². The van der Waals surface area contributed by atoms with Gasteiger partial charge in [0.1, 0.15) is 0 Å². The molecule has 0 aliphatic carbocycles. The average molecular weight is 575 g/mol. The second-order valence-corrected chi connectivity index (χ2v) is 12.0. The van der Waals surface area contributed by atoms with Crippen molar-refractivity contribution >= 4 is 53.9 Å². The Hall–Kier alpha value is -5.73. The molecule has 0 radical (unpaired) electrons. The van der Waals surface area contributed by atoms with E-state index in [1.807, 2.05) is 0 Å². The van der Waals surface area contributed by atoms with Crippen molar-refractivity contribution in [2.24, 2.45) is 0 Å². The SMILES string of the molecule is Cc1nn(-c2cc3ccccc3c3ccccc23)c(C)c1-c1c2ccccc2c(-c2cccc3ccccc23)c2ccccc12. The van der Waals surface area contributed by atoms with Gasteiger partial charge in [0.25, 0.3) is 0 Å². The molecule has 0 aliphatic rings. The van der Waals surface area contributed by atoms with Crippen LogP contribution >= 0.6 is 0 Å². The quantitative estimate of drug-likeness (QED) is 0.152. The van der Waals surface area contributed by atoms with Crippen LogP contribution in [-0.2, 0) is 0 Å². The van der Waals surface area contributed by atoms with Gasteiger partial charge in [0, 0.05) is 22.2 Å². The van der Waals surface area contributed by atoms with Crippen molar-refractivity contribution in [1.82, 2.24) is 9.78 Å². The van der Waals surface area contributed by atoms with E-state index < -0.39 is 0 Å². The van der Waals surface area contributed by atoms with Crippen LogP contribution in [0.4, 0.5) is 0 Å².